The fourth-order valence-electron chi connectivity index (χ4n) is 1.96. The Labute approximate surface area is 142 Å². The predicted molar refractivity (Wildman–Crippen MR) is 92.0 cm³/mol. The molecule has 2 aromatic heterocycles. The largest absolute Gasteiger partial charge is 0.497 e. The van der Waals surface area contributed by atoms with Crippen molar-refractivity contribution in [3.63, 3.8) is 0 Å². The number of pyridine rings is 1. The van der Waals surface area contributed by atoms with Crippen LogP contribution in [0.15, 0.2) is 53.8 Å². The third-order valence-electron chi connectivity index (χ3n) is 3.06. The highest BCUT2D eigenvalue weighted by Gasteiger charge is 2.10. The van der Waals surface area contributed by atoms with E-state index in [9.17, 15) is 4.79 Å². The highest BCUT2D eigenvalue weighted by atomic mass is 32.2. The normalized spacial score (nSPS) is 10.4. The second-order valence-electron chi connectivity index (χ2n) is 4.75. The lowest BCUT2D eigenvalue weighted by Gasteiger charge is -2.06. The van der Waals surface area contributed by atoms with E-state index < -0.39 is 0 Å². The number of methoxy groups -OCH3 is 1. The highest BCUT2D eigenvalue weighted by molar-refractivity contribution is 7.99. The van der Waals surface area contributed by atoms with Gasteiger partial charge in [-0.25, -0.2) is 0 Å². The van der Waals surface area contributed by atoms with E-state index in [2.05, 4.69) is 25.5 Å². The molecule has 0 radical (unpaired) electrons. The third-order valence-corrected chi connectivity index (χ3v) is 3.91. The van der Waals surface area contributed by atoms with Crippen LogP contribution in [-0.4, -0.2) is 38.9 Å². The molecule has 0 spiro atoms. The van der Waals surface area contributed by atoms with Gasteiger partial charge in [0.05, 0.1) is 12.9 Å². The molecule has 0 atom stereocenters. The number of carbonyl (C=O) groups excluding carboxylic acids is 1. The maximum absolute atomic E-state index is 12.0. The molecule has 3 rings (SSSR count). The molecule has 0 fully saturated rings. The first kappa shape index (κ1) is 16.0. The maximum atomic E-state index is 12.0. The Bertz CT molecular complexity index is 822. The number of nitrogens with zero attached hydrogens (tertiary/aromatic N) is 3. The van der Waals surface area contributed by atoms with Gasteiger partial charge in [0.25, 0.3) is 0 Å². The zero-order valence-electron chi connectivity index (χ0n) is 12.9. The van der Waals surface area contributed by atoms with Crippen LogP contribution in [0.2, 0.25) is 0 Å². The average Bonchev–Trinajstić information content (AvgIpc) is 3.10. The van der Waals surface area contributed by atoms with E-state index in [1.54, 1.807) is 25.4 Å². The second kappa shape index (κ2) is 7.60. The summed E-state index contributed by atoms with van der Waals surface area (Å²) in [6.07, 6.45) is 1.69. The number of hydrogen-bond acceptors (Lipinski definition) is 6. The first-order chi connectivity index (χ1) is 11.7. The number of rotatable bonds is 6. The number of carbonyl (C=O) groups is 1. The van der Waals surface area contributed by atoms with Gasteiger partial charge in [0.2, 0.25) is 11.1 Å². The number of H-pyrrole nitrogens is 1. The van der Waals surface area contributed by atoms with Gasteiger partial charge in [0.15, 0.2) is 5.82 Å². The molecule has 0 aliphatic rings. The molecule has 8 heteroatoms. The van der Waals surface area contributed by atoms with Gasteiger partial charge in [0.1, 0.15) is 11.4 Å². The molecular formula is C16H15N5O2S. The number of ether oxygens (including phenoxy) is 1. The van der Waals surface area contributed by atoms with E-state index in [1.165, 1.54) is 11.8 Å². The van der Waals surface area contributed by atoms with Gasteiger partial charge in [0, 0.05) is 18.0 Å². The molecule has 0 bridgehead atoms. The van der Waals surface area contributed by atoms with Crippen LogP contribution < -0.4 is 10.1 Å². The molecular weight excluding hydrogens is 326 g/mol. The minimum absolute atomic E-state index is 0.141. The van der Waals surface area contributed by atoms with E-state index in [4.69, 9.17) is 4.74 Å². The molecule has 7 nitrogen and oxygen atoms in total. The minimum Gasteiger partial charge on any atom is -0.497 e. The number of anilines is 1. The van der Waals surface area contributed by atoms with Crippen molar-refractivity contribution in [3.8, 4) is 17.3 Å². The Morgan fingerprint density at radius 1 is 1.29 bits per heavy atom. The number of hydrogen-bond donors (Lipinski definition) is 2. The minimum atomic E-state index is -0.141. The van der Waals surface area contributed by atoms with Crippen LogP contribution in [0.1, 0.15) is 0 Å². The Hall–Kier alpha value is -2.87. The van der Waals surface area contributed by atoms with Crippen molar-refractivity contribution in [2.75, 3.05) is 18.2 Å². The Kier molecular flexibility index (Phi) is 5.07. The van der Waals surface area contributed by atoms with Crippen LogP contribution in [0.4, 0.5) is 5.69 Å². The molecule has 2 N–H and O–H groups in total. The lowest BCUT2D eigenvalue weighted by molar-refractivity contribution is -0.113. The summed E-state index contributed by atoms with van der Waals surface area (Å²) in [4.78, 5) is 20.5. The number of thioether (sulfide) groups is 1. The summed E-state index contributed by atoms with van der Waals surface area (Å²) in [5.74, 6) is 1.33. The van der Waals surface area contributed by atoms with Crippen LogP contribution in [-0.2, 0) is 4.79 Å². The lowest BCUT2D eigenvalue weighted by atomic mass is 10.3. The molecule has 0 unspecified atom stereocenters. The second-order valence-corrected chi connectivity index (χ2v) is 5.69. The van der Waals surface area contributed by atoms with Crippen molar-refractivity contribution in [2.45, 2.75) is 5.16 Å². The molecule has 1 amide bonds. The molecule has 122 valence electrons. The number of aromatic amines is 1. The van der Waals surface area contributed by atoms with E-state index in [0.717, 1.165) is 0 Å². The molecule has 24 heavy (non-hydrogen) atoms. The summed E-state index contributed by atoms with van der Waals surface area (Å²) in [5, 5.41) is 10.2. The van der Waals surface area contributed by atoms with Gasteiger partial charge in [-0.2, -0.15) is 4.98 Å². The van der Waals surface area contributed by atoms with Gasteiger partial charge in [-0.1, -0.05) is 23.9 Å². The van der Waals surface area contributed by atoms with E-state index in [1.807, 2.05) is 30.3 Å². The van der Waals surface area contributed by atoms with Crippen molar-refractivity contribution in [2.24, 2.45) is 0 Å². The van der Waals surface area contributed by atoms with E-state index in [0.29, 0.717) is 28.1 Å². The zero-order valence-corrected chi connectivity index (χ0v) is 13.7. The molecule has 1 aromatic carbocycles. The first-order valence-corrected chi connectivity index (χ1v) is 8.13. The fourth-order valence-corrected chi connectivity index (χ4v) is 2.55. The molecule has 0 saturated carbocycles. The topological polar surface area (TPSA) is 92.8 Å². The van der Waals surface area contributed by atoms with Crippen molar-refractivity contribution in [1.29, 1.82) is 0 Å². The van der Waals surface area contributed by atoms with Crippen molar-refractivity contribution < 1.29 is 9.53 Å². The van der Waals surface area contributed by atoms with Crippen molar-refractivity contribution >= 4 is 23.4 Å². The van der Waals surface area contributed by atoms with Gasteiger partial charge >= 0.3 is 0 Å². The van der Waals surface area contributed by atoms with Crippen molar-refractivity contribution in [3.05, 3.63) is 48.7 Å². The van der Waals surface area contributed by atoms with Crippen LogP contribution in [0, 0.1) is 0 Å². The maximum Gasteiger partial charge on any atom is 0.234 e. The van der Waals surface area contributed by atoms with Gasteiger partial charge in [-0.15, -0.1) is 5.10 Å². The van der Waals surface area contributed by atoms with Crippen LogP contribution in [0.25, 0.3) is 11.5 Å². The summed E-state index contributed by atoms with van der Waals surface area (Å²) in [6, 6.07) is 12.7. The Morgan fingerprint density at radius 2 is 2.21 bits per heavy atom. The smallest absolute Gasteiger partial charge is 0.234 e. The zero-order chi connectivity index (χ0) is 16.8. The van der Waals surface area contributed by atoms with Gasteiger partial charge < -0.3 is 10.1 Å². The summed E-state index contributed by atoms with van der Waals surface area (Å²) >= 11 is 1.25. The SMILES string of the molecule is COc1cccc(NC(=O)CSc2n[nH]c(-c3ccccn3)n2)c1. The van der Waals surface area contributed by atoms with Gasteiger partial charge in [-0.3, -0.25) is 14.9 Å². The first-order valence-electron chi connectivity index (χ1n) is 7.15. The Balaban J connectivity index is 1.56. The monoisotopic (exact) mass is 341 g/mol. The molecule has 0 aliphatic carbocycles. The molecule has 0 saturated heterocycles. The quantitative estimate of drug-likeness (QED) is 0.670. The standard InChI is InChI=1S/C16H15N5O2S/c1-23-12-6-4-5-11(9-12)18-14(22)10-24-16-19-15(20-21-16)13-7-2-3-8-17-13/h2-9H,10H2,1H3,(H,18,22)(H,19,20,21). The van der Waals surface area contributed by atoms with Crippen LogP contribution >= 0.6 is 11.8 Å². The average molecular weight is 341 g/mol. The predicted octanol–water partition coefficient (Wildman–Crippen LogP) is 2.61. The van der Waals surface area contributed by atoms with E-state index in [-0.39, 0.29) is 11.7 Å². The van der Waals surface area contributed by atoms with E-state index >= 15 is 0 Å². The molecule has 0 aliphatic heterocycles. The number of aromatic nitrogens is 4. The Morgan fingerprint density at radius 3 is 3.00 bits per heavy atom. The third kappa shape index (κ3) is 4.11. The van der Waals surface area contributed by atoms with Gasteiger partial charge in [-0.05, 0) is 24.3 Å². The fraction of sp³-hybridized carbons (Fsp3) is 0.125. The number of benzene rings is 1. The summed E-state index contributed by atoms with van der Waals surface area (Å²) in [5.41, 5.74) is 1.39. The molecule has 3 aromatic rings. The summed E-state index contributed by atoms with van der Waals surface area (Å²) in [7, 11) is 1.58. The highest BCUT2D eigenvalue weighted by Crippen LogP contribution is 2.19. The lowest BCUT2D eigenvalue weighted by Crippen LogP contribution is -2.14. The summed E-state index contributed by atoms with van der Waals surface area (Å²) in [6.45, 7) is 0. The van der Waals surface area contributed by atoms with Crippen molar-refractivity contribution in [1.82, 2.24) is 20.2 Å². The van der Waals surface area contributed by atoms with Crippen LogP contribution in [0.3, 0.4) is 0 Å². The van der Waals surface area contributed by atoms with Crippen LogP contribution in [0.5, 0.6) is 5.75 Å². The molecule has 2 heterocycles. The number of amides is 1. The number of nitrogens with one attached hydrogen (secondary N) is 2. The summed E-state index contributed by atoms with van der Waals surface area (Å²) < 4.78 is 5.12.